The van der Waals surface area contributed by atoms with E-state index in [1.54, 1.807) is 72.8 Å². The smallest absolute Gasteiger partial charge is 0.323 e. The van der Waals surface area contributed by atoms with Crippen molar-refractivity contribution in [2.24, 2.45) is 40.9 Å². The first-order chi connectivity index (χ1) is 36.7. The molecule has 0 bridgehead atoms. The molecule has 0 aliphatic rings. The van der Waals surface area contributed by atoms with Crippen molar-refractivity contribution >= 4 is 96.5 Å². The highest BCUT2D eigenvalue weighted by molar-refractivity contribution is 7.86. The molecule has 22 nitrogen and oxygen atoms in total. The van der Waals surface area contributed by atoms with E-state index in [0.29, 0.717) is 98.8 Å². The normalized spacial score (nSPS) is 12.0. The third kappa shape index (κ3) is 18.0. The molecule has 6 aromatic carbocycles. The molecule has 4 N–H and O–H groups in total. The van der Waals surface area contributed by atoms with Crippen LogP contribution in [-0.4, -0.2) is 84.9 Å². The Labute approximate surface area is 448 Å². The van der Waals surface area contributed by atoms with Crippen LogP contribution in [0.5, 0.6) is 28.7 Å². The van der Waals surface area contributed by atoms with Gasteiger partial charge in [0.15, 0.2) is 0 Å². The molecule has 25 heteroatoms. The second-order valence-corrected chi connectivity index (χ2v) is 20.4. The van der Waals surface area contributed by atoms with E-state index in [2.05, 4.69) is 51.5 Å². The number of carbonyl (C=O) groups is 1. The number of azo groups is 4. The van der Waals surface area contributed by atoms with Gasteiger partial charge in [0.1, 0.15) is 48.0 Å². The van der Waals surface area contributed by atoms with E-state index >= 15 is 0 Å². The van der Waals surface area contributed by atoms with Gasteiger partial charge < -0.3 is 34.3 Å². The zero-order valence-corrected chi connectivity index (χ0v) is 45.4. The van der Waals surface area contributed by atoms with Crippen molar-refractivity contribution in [1.29, 1.82) is 0 Å². The highest BCUT2D eigenvalue weighted by Gasteiger charge is 2.15. The average molecular weight is 1090 g/mol. The summed E-state index contributed by atoms with van der Waals surface area (Å²) in [6.07, 6.45) is 0.250. The number of rotatable bonds is 25. The summed E-state index contributed by atoms with van der Waals surface area (Å²) in [5, 5.41) is 41.3. The van der Waals surface area contributed by atoms with Gasteiger partial charge in [0.2, 0.25) is 0 Å². The number of nitrogens with one attached hydrogen (secondary N) is 2. The fraction of sp³-hybridized carbons (Fsp3) is 0.288. The summed E-state index contributed by atoms with van der Waals surface area (Å²) in [7, 11) is -4.79. The Morgan fingerprint density at radius 3 is 1.34 bits per heavy atom. The molecule has 0 radical (unpaired) electrons. The zero-order valence-electron chi connectivity index (χ0n) is 43.8. The van der Waals surface area contributed by atoms with Crippen molar-refractivity contribution < 1.29 is 54.4 Å². The van der Waals surface area contributed by atoms with Crippen LogP contribution in [0, 0.1) is 27.7 Å². The monoisotopic (exact) mass is 1090 g/mol. The lowest BCUT2D eigenvalue weighted by Gasteiger charge is -2.15. The number of amides is 2. The van der Waals surface area contributed by atoms with Gasteiger partial charge in [0, 0.05) is 23.9 Å². The Hall–Kier alpha value is -8.13. The summed E-state index contributed by atoms with van der Waals surface area (Å²) in [6.45, 7) is 12.0. The highest BCUT2D eigenvalue weighted by atomic mass is 32.2. The molecule has 6 aromatic rings. The molecule has 0 spiro atoms. The summed E-state index contributed by atoms with van der Waals surface area (Å²) in [6, 6.07) is 27.3. The van der Waals surface area contributed by atoms with Crippen molar-refractivity contribution in [3.05, 3.63) is 119 Å². The maximum atomic E-state index is 13.4. The van der Waals surface area contributed by atoms with Gasteiger partial charge in [0.25, 0.3) is 20.2 Å². The molecular weight excluding hydrogens is 1030 g/mol. The molecule has 0 heterocycles. The summed E-state index contributed by atoms with van der Waals surface area (Å²) in [5.41, 5.74) is 9.26. The van der Waals surface area contributed by atoms with Crippen LogP contribution in [-0.2, 0) is 20.2 Å². The highest BCUT2D eigenvalue weighted by Crippen LogP contribution is 2.38. The SMILES string of the molecule is Bc1cc(N=Nc2ccc(N=Nc3ccc(OCCCS(=O)(=O)O)cc3OCC)c(C)c2)c(C)cc1NC(=O)Nc1cc(C)c(N=Nc2ccc(N=Nc3ccc(OCCCS(=O)(=O)O)cc3OCC)c(C)c2)cc1OC. The van der Waals surface area contributed by atoms with Gasteiger partial charge >= 0.3 is 6.03 Å². The summed E-state index contributed by atoms with van der Waals surface area (Å²) >= 11 is 0. The van der Waals surface area contributed by atoms with E-state index in [9.17, 15) is 21.6 Å². The predicted octanol–water partition coefficient (Wildman–Crippen LogP) is 12.6. The number of hydrogen-bond donors (Lipinski definition) is 4. The lowest BCUT2D eigenvalue weighted by molar-refractivity contribution is 0.262. The van der Waals surface area contributed by atoms with Gasteiger partial charge in [-0.3, -0.25) is 9.11 Å². The fourth-order valence-corrected chi connectivity index (χ4v) is 8.14. The van der Waals surface area contributed by atoms with E-state index in [1.165, 1.54) is 7.11 Å². The Morgan fingerprint density at radius 1 is 0.494 bits per heavy atom. The maximum Gasteiger partial charge on any atom is 0.323 e. The first-order valence-electron chi connectivity index (χ1n) is 24.2. The first kappa shape index (κ1) is 58.1. The molecule has 0 unspecified atom stereocenters. The predicted molar refractivity (Wildman–Crippen MR) is 297 cm³/mol. The number of urea groups is 1. The number of aryl methyl sites for hydroxylation is 4. The molecule has 0 saturated heterocycles. The van der Waals surface area contributed by atoms with Crippen LogP contribution in [0.3, 0.4) is 0 Å². The number of ether oxygens (including phenoxy) is 5. The van der Waals surface area contributed by atoms with Gasteiger partial charge in [-0.1, -0.05) is 5.46 Å². The molecule has 2 amide bonds. The van der Waals surface area contributed by atoms with Crippen molar-refractivity contribution in [1.82, 2.24) is 0 Å². The minimum absolute atomic E-state index is 0.0870. The molecular formula is C52H59BN10O12S2. The molecule has 77 heavy (non-hydrogen) atoms. The minimum Gasteiger partial charge on any atom is -0.494 e. The molecule has 0 atom stereocenters. The second kappa shape index (κ2) is 27.1. The third-order valence-electron chi connectivity index (χ3n) is 11.1. The van der Waals surface area contributed by atoms with Crippen LogP contribution in [0.1, 0.15) is 48.9 Å². The van der Waals surface area contributed by atoms with E-state index in [4.69, 9.17) is 32.8 Å². The van der Waals surface area contributed by atoms with E-state index in [0.717, 1.165) is 27.7 Å². The topological polar surface area (TPSA) is 295 Å². The van der Waals surface area contributed by atoms with Gasteiger partial charge in [-0.25, -0.2) is 4.79 Å². The summed E-state index contributed by atoms with van der Waals surface area (Å²) in [4.78, 5) is 13.4. The number of carbonyl (C=O) groups excluding carboxylic acids is 1. The van der Waals surface area contributed by atoms with Gasteiger partial charge in [-0.15, -0.1) is 10.2 Å². The molecule has 404 valence electrons. The van der Waals surface area contributed by atoms with Crippen molar-refractivity contribution in [2.45, 2.75) is 54.4 Å². The minimum atomic E-state index is -4.07. The van der Waals surface area contributed by atoms with E-state index in [-0.39, 0.29) is 26.1 Å². The van der Waals surface area contributed by atoms with Crippen molar-refractivity contribution in [2.75, 3.05) is 55.7 Å². The number of methoxy groups -OCH3 is 1. The van der Waals surface area contributed by atoms with Crippen LogP contribution in [0.2, 0.25) is 0 Å². The van der Waals surface area contributed by atoms with Crippen LogP contribution < -0.4 is 39.8 Å². The quantitative estimate of drug-likeness (QED) is 0.0180. The van der Waals surface area contributed by atoms with E-state index < -0.39 is 37.8 Å². The second-order valence-electron chi connectivity index (χ2n) is 17.2. The number of benzene rings is 6. The van der Waals surface area contributed by atoms with Gasteiger partial charge in [0.05, 0.1) is 84.9 Å². The lowest BCUT2D eigenvalue weighted by atomic mass is 9.92. The first-order valence-corrected chi connectivity index (χ1v) is 27.4. The zero-order chi connectivity index (χ0) is 55.7. The lowest BCUT2D eigenvalue weighted by Crippen LogP contribution is -2.24. The largest absolute Gasteiger partial charge is 0.494 e. The number of hydrogen-bond acceptors (Lipinski definition) is 18. The van der Waals surface area contributed by atoms with Crippen molar-refractivity contribution in [3.8, 4) is 28.7 Å². The van der Waals surface area contributed by atoms with Crippen LogP contribution in [0.25, 0.3) is 0 Å². The fourth-order valence-electron chi connectivity index (χ4n) is 7.18. The van der Waals surface area contributed by atoms with Gasteiger partial charge in [-0.2, -0.15) is 47.5 Å². The van der Waals surface area contributed by atoms with E-state index in [1.807, 2.05) is 73.7 Å². The Balaban J connectivity index is 1.04. The Kier molecular flexibility index (Phi) is 20.4. The van der Waals surface area contributed by atoms with Crippen LogP contribution in [0.4, 0.5) is 61.7 Å². The average Bonchev–Trinajstić information content (AvgIpc) is 3.37. The van der Waals surface area contributed by atoms with Crippen LogP contribution in [0.15, 0.2) is 138 Å². The van der Waals surface area contributed by atoms with Crippen molar-refractivity contribution in [3.63, 3.8) is 0 Å². The molecule has 0 aromatic heterocycles. The number of nitrogens with zero attached hydrogens (tertiary/aromatic N) is 8. The maximum absolute atomic E-state index is 13.4. The molecule has 0 aliphatic heterocycles. The standard InChI is InChI=1S/C52H59BN10O12S2/c1-8-72-50-28-38(74-20-10-22-76(65,66)67)14-18-43(50)60-58-41-16-12-36(24-32(41)3)56-62-45-30-40(53)47(26-34(45)5)54-52(64)55-48-27-35(6)46(31-49(48)71-7)63-57-37-13-17-42(33(4)25-37)59-61-44-19-15-39(29-51(44)73-9-2)75-21-11-23-77(68,69)70/h12-19,24-31H,8-11,20-23,53H2,1-7H3,(H2,54,55,64)(H,65,66,67)(H,68,69,70). The van der Waals surface area contributed by atoms with Gasteiger partial charge in [-0.05, 0) is 156 Å². The molecule has 0 saturated carbocycles. The van der Waals surface area contributed by atoms with Crippen LogP contribution >= 0.6 is 0 Å². The summed E-state index contributed by atoms with van der Waals surface area (Å²) < 4.78 is 90.2. The Morgan fingerprint density at radius 2 is 0.896 bits per heavy atom. The molecule has 0 fully saturated rings. The number of anilines is 2. The summed E-state index contributed by atoms with van der Waals surface area (Å²) in [5.74, 6) is 1.34. The molecule has 6 rings (SSSR count). The Bertz CT molecular complexity index is 3450. The molecule has 0 aliphatic carbocycles. The third-order valence-corrected chi connectivity index (χ3v) is 12.7.